The number of piperidine rings is 1. The quantitative estimate of drug-likeness (QED) is 0.501. The first-order chi connectivity index (χ1) is 5.61. The molecule has 0 spiro atoms. The van der Waals surface area contributed by atoms with Crippen LogP contribution in [0, 0.1) is 0 Å². The molecule has 5 heteroatoms. The molecule has 2 atom stereocenters. The zero-order valence-corrected chi connectivity index (χ0v) is 6.62. The van der Waals surface area contributed by atoms with E-state index < -0.39 is 24.0 Å². The largest absolute Gasteiger partial charge is 0.480 e. The van der Waals surface area contributed by atoms with Crippen LogP contribution in [0.1, 0.15) is 19.3 Å². The number of carboxylic acid groups (broad SMARTS) is 1. The summed E-state index contributed by atoms with van der Waals surface area (Å²) in [6.45, 7) is 0. The summed E-state index contributed by atoms with van der Waals surface area (Å²) in [6, 6.07) is -1.09. The Hall–Kier alpha value is -1.10. The Balaban J connectivity index is 2.51. The fourth-order valence-electron chi connectivity index (χ4n) is 1.35. The first-order valence-electron chi connectivity index (χ1n) is 3.89. The summed E-state index contributed by atoms with van der Waals surface area (Å²) in [5.41, 5.74) is 5.04. The lowest BCUT2D eigenvalue weighted by Gasteiger charge is -2.25. The van der Waals surface area contributed by atoms with Crippen LogP contribution in [0.15, 0.2) is 0 Å². The van der Waals surface area contributed by atoms with Crippen molar-refractivity contribution in [3.05, 3.63) is 0 Å². The molecule has 0 aromatic heterocycles. The molecule has 4 N–H and O–H groups in total. The van der Waals surface area contributed by atoms with Gasteiger partial charge in [-0.2, -0.15) is 0 Å². The molecule has 1 aliphatic heterocycles. The monoisotopic (exact) mass is 172 g/mol. The van der Waals surface area contributed by atoms with Crippen LogP contribution in [0.25, 0.3) is 0 Å². The lowest BCUT2D eigenvalue weighted by Crippen LogP contribution is -2.52. The smallest absolute Gasteiger partial charge is 0.320 e. The predicted octanol–water partition coefficient (Wildman–Crippen LogP) is -0.933. The van der Waals surface area contributed by atoms with Gasteiger partial charge in [-0.3, -0.25) is 14.9 Å². The molecule has 1 fully saturated rings. The second-order valence-electron chi connectivity index (χ2n) is 2.94. The van der Waals surface area contributed by atoms with Crippen molar-refractivity contribution in [2.24, 2.45) is 5.73 Å². The van der Waals surface area contributed by atoms with Gasteiger partial charge in [-0.25, -0.2) is 0 Å². The number of rotatable bonds is 2. The third-order valence-electron chi connectivity index (χ3n) is 2.03. The number of amides is 1. The minimum Gasteiger partial charge on any atom is -0.480 e. The van der Waals surface area contributed by atoms with Crippen LogP contribution in [0.2, 0.25) is 0 Å². The van der Waals surface area contributed by atoms with Crippen molar-refractivity contribution in [2.45, 2.75) is 31.3 Å². The van der Waals surface area contributed by atoms with Crippen LogP contribution in [0.4, 0.5) is 0 Å². The molecule has 0 aliphatic carbocycles. The van der Waals surface area contributed by atoms with E-state index in [0.29, 0.717) is 12.8 Å². The van der Waals surface area contributed by atoms with Gasteiger partial charge in [-0.1, -0.05) is 0 Å². The molecule has 12 heavy (non-hydrogen) atoms. The lowest BCUT2D eigenvalue weighted by atomic mass is 9.98. The minimum atomic E-state index is -0.916. The molecule has 1 rings (SSSR count). The van der Waals surface area contributed by atoms with E-state index in [2.05, 4.69) is 5.32 Å². The van der Waals surface area contributed by atoms with Gasteiger partial charge in [0, 0.05) is 0 Å². The summed E-state index contributed by atoms with van der Waals surface area (Å²) in [5, 5.41) is 11.3. The van der Waals surface area contributed by atoms with E-state index >= 15 is 0 Å². The summed E-state index contributed by atoms with van der Waals surface area (Å²) in [5.74, 6) is -1.39. The number of nitrogens with one attached hydrogen (secondary N) is 1. The van der Waals surface area contributed by atoms with Crippen LogP contribution in [-0.4, -0.2) is 29.1 Å². The number of aliphatic carboxylic acids is 1. The molecule has 1 heterocycles. The fraction of sp³-hybridized carbons (Fsp3) is 0.714. The minimum absolute atomic E-state index is 0.471. The number of primary amides is 1. The summed E-state index contributed by atoms with van der Waals surface area (Å²) < 4.78 is 0. The van der Waals surface area contributed by atoms with E-state index in [0.717, 1.165) is 6.42 Å². The highest BCUT2D eigenvalue weighted by Gasteiger charge is 2.28. The molecular weight excluding hydrogens is 160 g/mol. The van der Waals surface area contributed by atoms with E-state index in [1.54, 1.807) is 0 Å². The number of carbonyl (C=O) groups is 2. The zero-order valence-electron chi connectivity index (χ0n) is 6.62. The Bertz CT molecular complexity index is 185. The van der Waals surface area contributed by atoms with E-state index in [-0.39, 0.29) is 0 Å². The third kappa shape index (κ3) is 1.94. The van der Waals surface area contributed by atoms with Crippen LogP contribution in [0.3, 0.4) is 0 Å². The number of hydrogen-bond donors (Lipinski definition) is 3. The molecule has 0 aromatic rings. The van der Waals surface area contributed by atoms with Crippen LogP contribution in [-0.2, 0) is 9.59 Å². The average molecular weight is 172 g/mol. The first-order valence-corrected chi connectivity index (χ1v) is 3.89. The highest BCUT2D eigenvalue weighted by molar-refractivity contribution is 5.81. The molecule has 0 bridgehead atoms. The standard InChI is InChI=1S/C7H12N2O3/c8-6(10)4-2-1-3-5(9-4)7(11)12/h4-5,9H,1-3H2,(H2,8,10)(H,11,12)/t4-,5+/m0/s1. The van der Waals surface area contributed by atoms with Crippen molar-refractivity contribution in [3.8, 4) is 0 Å². The van der Waals surface area contributed by atoms with E-state index in [1.807, 2.05) is 0 Å². The van der Waals surface area contributed by atoms with Crippen LogP contribution < -0.4 is 11.1 Å². The number of carbonyl (C=O) groups excluding carboxylic acids is 1. The average Bonchev–Trinajstić information content (AvgIpc) is 2.04. The zero-order chi connectivity index (χ0) is 9.14. The van der Waals surface area contributed by atoms with E-state index in [9.17, 15) is 9.59 Å². The highest BCUT2D eigenvalue weighted by atomic mass is 16.4. The first kappa shape index (κ1) is 8.99. The maximum Gasteiger partial charge on any atom is 0.320 e. The van der Waals surface area contributed by atoms with Gasteiger partial charge in [0.15, 0.2) is 0 Å². The Morgan fingerprint density at radius 2 is 1.92 bits per heavy atom. The molecule has 0 aromatic carbocycles. The maximum atomic E-state index is 10.7. The summed E-state index contributed by atoms with van der Waals surface area (Å²) in [4.78, 5) is 21.2. The molecule has 68 valence electrons. The molecule has 1 aliphatic rings. The topological polar surface area (TPSA) is 92.4 Å². The normalized spacial score (nSPS) is 29.7. The van der Waals surface area contributed by atoms with Gasteiger partial charge in [0.2, 0.25) is 5.91 Å². The number of nitrogens with two attached hydrogens (primary N) is 1. The van der Waals surface area contributed by atoms with Crippen molar-refractivity contribution in [1.29, 1.82) is 0 Å². The molecular formula is C7H12N2O3. The summed E-state index contributed by atoms with van der Waals surface area (Å²) in [6.07, 6.45) is 1.94. The van der Waals surface area contributed by atoms with Crippen molar-refractivity contribution >= 4 is 11.9 Å². The highest BCUT2D eigenvalue weighted by Crippen LogP contribution is 2.12. The third-order valence-corrected chi connectivity index (χ3v) is 2.03. The molecule has 0 saturated carbocycles. The second kappa shape index (κ2) is 3.53. The summed E-state index contributed by atoms with van der Waals surface area (Å²) >= 11 is 0. The Morgan fingerprint density at radius 3 is 2.42 bits per heavy atom. The Morgan fingerprint density at radius 1 is 1.33 bits per heavy atom. The Kier molecular flexibility index (Phi) is 2.65. The summed E-state index contributed by atoms with van der Waals surface area (Å²) in [7, 11) is 0. The van der Waals surface area contributed by atoms with Gasteiger partial charge in [-0.15, -0.1) is 0 Å². The van der Waals surface area contributed by atoms with Gasteiger partial charge < -0.3 is 10.8 Å². The molecule has 1 amide bonds. The van der Waals surface area contributed by atoms with E-state index in [1.165, 1.54) is 0 Å². The molecule has 5 nitrogen and oxygen atoms in total. The maximum absolute atomic E-state index is 10.7. The molecule has 1 saturated heterocycles. The van der Waals surface area contributed by atoms with Crippen LogP contribution >= 0.6 is 0 Å². The van der Waals surface area contributed by atoms with Gasteiger partial charge >= 0.3 is 5.97 Å². The predicted molar refractivity (Wildman–Crippen MR) is 41.4 cm³/mol. The molecule has 0 radical (unpaired) electrons. The van der Waals surface area contributed by atoms with Crippen LogP contribution in [0.5, 0.6) is 0 Å². The van der Waals surface area contributed by atoms with Gasteiger partial charge in [0.05, 0.1) is 6.04 Å². The van der Waals surface area contributed by atoms with Crippen molar-refractivity contribution in [3.63, 3.8) is 0 Å². The van der Waals surface area contributed by atoms with Crippen molar-refractivity contribution < 1.29 is 14.7 Å². The molecule has 0 unspecified atom stereocenters. The van der Waals surface area contributed by atoms with E-state index in [4.69, 9.17) is 10.8 Å². The van der Waals surface area contributed by atoms with Gasteiger partial charge in [0.25, 0.3) is 0 Å². The number of carboxylic acids is 1. The SMILES string of the molecule is NC(=O)[C@@H]1CCC[C@H](C(=O)O)N1. The second-order valence-corrected chi connectivity index (χ2v) is 2.94. The van der Waals surface area contributed by atoms with Crippen molar-refractivity contribution in [1.82, 2.24) is 5.32 Å². The van der Waals surface area contributed by atoms with Gasteiger partial charge in [0.1, 0.15) is 6.04 Å². The van der Waals surface area contributed by atoms with Crippen molar-refractivity contribution in [2.75, 3.05) is 0 Å². The van der Waals surface area contributed by atoms with Gasteiger partial charge in [-0.05, 0) is 19.3 Å². The lowest BCUT2D eigenvalue weighted by molar-refractivity contribution is -0.140. The fourth-order valence-corrected chi connectivity index (χ4v) is 1.35. The Labute approximate surface area is 69.9 Å². The number of hydrogen-bond acceptors (Lipinski definition) is 3.